The molecule has 0 fully saturated rings. The fourth-order valence-electron chi connectivity index (χ4n) is 2.54. The van der Waals surface area contributed by atoms with E-state index in [9.17, 15) is 9.59 Å². The molecule has 0 radical (unpaired) electrons. The summed E-state index contributed by atoms with van der Waals surface area (Å²) < 4.78 is 0. The second kappa shape index (κ2) is 6.36. The van der Waals surface area contributed by atoms with E-state index in [-0.39, 0.29) is 17.8 Å². The molecule has 0 spiro atoms. The highest BCUT2D eigenvalue weighted by atomic mass is 35.5. The number of halogens is 1. The average Bonchev–Trinajstić information content (AvgIpc) is 2.56. The van der Waals surface area contributed by atoms with E-state index in [1.165, 1.54) is 0 Å². The van der Waals surface area contributed by atoms with Crippen molar-refractivity contribution in [2.45, 2.75) is 12.5 Å². The molecule has 0 saturated heterocycles. The minimum atomic E-state index is -0.692. The topological polar surface area (TPSA) is 76.0 Å². The lowest BCUT2D eigenvalue weighted by Crippen LogP contribution is -2.23. The Morgan fingerprint density at radius 2 is 1.91 bits per heavy atom. The summed E-state index contributed by atoms with van der Waals surface area (Å²) in [5.41, 5.74) is 7.26. The van der Waals surface area contributed by atoms with Crippen molar-refractivity contribution in [3.63, 3.8) is 0 Å². The number of aromatic nitrogens is 1. The molecule has 0 saturated carbocycles. The number of hydrogen-bond donors (Lipinski definition) is 2. The van der Waals surface area contributed by atoms with Crippen molar-refractivity contribution < 1.29 is 4.79 Å². The third kappa shape index (κ3) is 3.18. The number of nitrogens with one attached hydrogen (secondary N) is 1. The molecule has 0 bridgehead atoms. The Bertz CT molecular complexity index is 919. The van der Waals surface area contributed by atoms with Crippen LogP contribution in [0.15, 0.2) is 59.5 Å². The molecular weight excluding hydrogens is 312 g/mol. The molecule has 116 valence electrons. The molecule has 2 aromatic carbocycles. The first kappa shape index (κ1) is 15.5. The van der Waals surface area contributed by atoms with Crippen molar-refractivity contribution in [3.8, 4) is 0 Å². The van der Waals surface area contributed by atoms with Gasteiger partial charge in [0.1, 0.15) is 0 Å². The molecule has 0 aliphatic carbocycles. The van der Waals surface area contributed by atoms with Gasteiger partial charge in [0.2, 0.25) is 0 Å². The maximum atomic E-state index is 12.4. The van der Waals surface area contributed by atoms with Gasteiger partial charge in [-0.1, -0.05) is 41.9 Å². The Morgan fingerprint density at radius 1 is 1.17 bits per heavy atom. The third-order valence-corrected chi connectivity index (χ3v) is 4.16. The number of aromatic amines is 1. The maximum absolute atomic E-state index is 12.4. The van der Waals surface area contributed by atoms with Crippen LogP contribution in [0.1, 0.15) is 17.2 Å². The van der Waals surface area contributed by atoms with Crippen LogP contribution in [0.4, 0.5) is 0 Å². The molecule has 3 N–H and O–H groups in total. The number of pyridine rings is 1. The second-order valence-electron chi connectivity index (χ2n) is 5.37. The molecule has 4 nitrogen and oxygen atoms in total. The van der Waals surface area contributed by atoms with E-state index >= 15 is 0 Å². The lowest BCUT2D eigenvalue weighted by molar-refractivity contribution is -0.119. The third-order valence-electron chi connectivity index (χ3n) is 3.81. The number of Topliss-reactive ketones (excluding diaryl/α,β-unsaturated/α-hetero) is 1. The summed E-state index contributed by atoms with van der Waals surface area (Å²) >= 11 is 6.22. The molecule has 5 heteroatoms. The Labute approximate surface area is 137 Å². The van der Waals surface area contributed by atoms with Gasteiger partial charge in [-0.05, 0) is 34.7 Å². The van der Waals surface area contributed by atoms with E-state index in [2.05, 4.69) is 4.98 Å². The van der Waals surface area contributed by atoms with Crippen LogP contribution in [0.2, 0.25) is 5.02 Å². The number of ketones is 1. The summed E-state index contributed by atoms with van der Waals surface area (Å²) in [6, 6.07) is 13.7. The summed E-state index contributed by atoms with van der Waals surface area (Å²) in [4.78, 5) is 26.8. The molecule has 3 aromatic rings. The largest absolute Gasteiger partial charge is 0.329 e. The average molecular weight is 327 g/mol. The van der Waals surface area contributed by atoms with Gasteiger partial charge in [-0.3, -0.25) is 9.59 Å². The molecule has 1 heterocycles. The quantitative estimate of drug-likeness (QED) is 0.774. The Kier molecular flexibility index (Phi) is 4.28. The van der Waals surface area contributed by atoms with Crippen LogP contribution in [0.5, 0.6) is 0 Å². The van der Waals surface area contributed by atoms with Gasteiger partial charge >= 0.3 is 0 Å². The summed E-state index contributed by atoms with van der Waals surface area (Å²) in [6.07, 6.45) is 1.69. The number of carbonyl (C=O) groups is 1. The van der Waals surface area contributed by atoms with E-state index in [1.807, 2.05) is 30.3 Å². The maximum Gasteiger partial charge on any atom is 0.255 e. The molecule has 3 rings (SSSR count). The van der Waals surface area contributed by atoms with Gasteiger partial charge in [0.25, 0.3) is 5.56 Å². The molecular formula is C18H15ClN2O2. The van der Waals surface area contributed by atoms with Gasteiger partial charge in [-0.2, -0.15) is 0 Å². The fraction of sp³-hybridized carbons (Fsp3) is 0.111. The molecule has 0 aliphatic rings. The highest BCUT2D eigenvalue weighted by Crippen LogP contribution is 2.24. The lowest BCUT2D eigenvalue weighted by Gasteiger charge is -2.12. The van der Waals surface area contributed by atoms with Gasteiger partial charge < -0.3 is 10.7 Å². The van der Waals surface area contributed by atoms with Crippen LogP contribution in [0.25, 0.3) is 10.8 Å². The lowest BCUT2D eigenvalue weighted by atomic mass is 9.97. The number of benzene rings is 2. The molecule has 0 unspecified atom stereocenters. The van der Waals surface area contributed by atoms with E-state index in [0.717, 1.165) is 10.9 Å². The summed E-state index contributed by atoms with van der Waals surface area (Å²) in [5, 5.41) is 1.64. The van der Waals surface area contributed by atoms with Crippen LogP contribution in [0, 0.1) is 0 Å². The predicted molar refractivity (Wildman–Crippen MR) is 91.7 cm³/mol. The minimum absolute atomic E-state index is 0.123. The second-order valence-corrected chi connectivity index (χ2v) is 5.78. The van der Waals surface area contributed by atoms with Crippen LogP contribution >= 0.6 is 11.6 Å². The monoisotopic (exact) mass is 326 g/mol. The van der Waals surface area contributed by atoms with Crippen LogP contribution < -0.4 is 11.3 Å². The zero-order valence-electron chi connectivity index (χ0n) is 12.3. The Morgan fingerprint density at radius 3 is 2.65 bits per heavy atom. The van der Waals surface area contributed by atoms with Crippen molar-refractivity contribution >= 4 is 28.2 Å². The first-order valence-electron chi connectivity index (χ1n) is 7.19. The Balaban J connectivity index is 1.91. The molecule has 0 amide bonds. The zero-order valence-corrected chi connectivity index (χ0v) is 13.0. The first-order chi connectivity index (χ1) is 11.1. The van der Waals surface area contributed by atoms with E-state index in [1.54, 1.807) is 24.4 Å². The van der Waals surface area contributed by atoms with Crippen molar-refractivity contribution in [3.05, 3.63) is 81.2 Å². The zero-order chi connectivity index (χ0) is 16.4. The number of fused-ring (bicyclic) bond motifs is 1. The van der Waals surface area contributed by atoms with E-state index < -0.39 is 6.04 Å². The number of H-pyrrole nitrogens is 1. The summed E-state index contributed by atoms with van der Waals surface area (Å²) in [7, 11) is 0. The highest BCUT2D eigenvalue weighted by Gasteiger charge is 2.17. The molecule has 23 heavy (non-hydrogen) atoms. The van der Waals surface area contributed by atoms with Crippen molar-refractivity contribution in [2.24, 2.45) is 5.73 Å². The first-order valence-corrected chi connectivity index (χ1v) is 7.57. The standard InChI is InChI=1S/C18H15ClN2O2/c19-15-10-14-12(6-7-21-18(14)23)8-13(15)9-16(22)17(20)11-4-2-1-3-5-11/h1-8,10,17H,9,20H2,(H,21,23)/t17-/m1/s1. The van der Waals surface area contributed by atoms with Gasteiger partial charge in [0, 0.05) is 23.0 Å². The van der Waals surface area contributed by atoms with Gasteiger partial charge in [-0.25, -0.2) is 0 Å². The SMILES string of the molecule is N[C@@H](C(=O)Cc1cc2cc[nH]c(=O)c2cc1Cl)c1ccccc1. The van der Waals surface area contributed by atoms with E-state index in [4.69, 9.17) is 17.3 Å². The summed E-state index contributed by atoms with van der Waals surface area (Å²) in [5.74, 6) is -0.123. The van der Waals surface area contributed by atoms with Gasteiger partial charge in [-0.15, -0.1) is 0 Å². The number of hydrogen-bond acceptors (Lipinski definition) is 3. The predicted octanol–water partition coefficient (Wildman–Crippen LogP) is 2.99. The number of nitrogens with two attached hydrogens (primary N) is 1. The van der Waals surface area contributed by atoms with Crippen molar-refractivity contribution in [1.82, 2.24) is 4.98 Å². The van der Waals surface area contributed by atoms with Gasteiger partial charge in [0.15, 0.2) is 5.78 Å². The van der Waals surface area contributed by atoms with E-state index in [0.29, 0.717) is 16.0 Å². The summed E-state index contributed by atoms with van der Waals surface area (Å²) in [6.45, 7) is 0. The van der Waals surface area contributed by atoms with Gasteiger partial charge in [0.05, 0.1) is 6.04 Å². The fourth-order valence-corrected chi connectivity index (χ4v) is 2.77. The normalized spacial score (nSPS) is 12.3. The smallest absolute Gasteiger partial charge is 0.255 e. The molecule has 0 aliphatic heterocycles. The number of carbonyl (C=O) groups excluding carboxylic acids is 1. The van der Waals surface area contributed by atoms with Crippen LogP contribution in [0.3, 0.4) is 0 Å². The van der Waals surface area contributed by atoms with Crippen LogP contribution in [-0.4, -0.2) is 10.8 Å². The Hall–Kier alpha value is -2.43. The minimum Gasteiger partial charge on any atom is -0.329 e. The number of rotatable bonds is 4. The molecule has 1 aromatic heterocycles. The van der Waals surface area contributed by atoms with Crippen LogP contribution in [-0.2, 0) is 11.2 Å². The van der Waals surface area contributed by atoms with Crippen molar-refractivity contribution in [1.29, 1.82) is 0 Å². The highest BCUT2D eigenvalue weighted by molar-refractivity contribution is 6.32. The molecule has 1 atom stereocenters. The van der Waals surface area contributed by atoms with Crippen molar-refractivity contribution in [2.75, 3.05) is 0 Å².